The molecule has 3 rings (SSSR count). The number of hydrogen-bond donors (Lipinski definition) is 0. The van der Waals surface area contributed by atoms with E-state index >= 15 is 0 Å². The first-order valence-corrected chi connectivity index (χ1v) is 10.9. The zero-order chi connectivity index (χ0) is 20.5. The van der Waals surface area contributed by atoms with Crippen LogP contribution in [-0.4, -0.2) is 21.2 Å². The van der Waals surface area contributed by atoms with Crippen LogP contribution in [0.5, 0.6) is 0 Å². The zero-order valence-corrected chi connectivity index (χ0v) is 18.2. The highest BCUT2D eigenvalue weighted by Crippen LogP contribution is 2.29. The Labute approximate surface area is 177 Å². The maximum atomic E-state index is 14.1. The molecule has 0 bridgehead atoms. The molecule has 0 N–H and O–H groups in total. The smallest absolute Gasteiger partial charge is 0.264 e. The van der Waals surface area contributed by atoms with Crippen LogP contribution in [0, 0.1) is 16.3 Å². The summed E-state index contributed by atoms with van der Waals surface area (Å²) in [6.07, 6.45) is 0. The molecule has 0 saturated heterocycles. The third kappa shape index (κ3) is 3.95. The van der Waals surface area contributed by atoms with Crippen molar-refractivity contribution in [2.45, 2.75) is 11.8 Å². The van der Waals surface area contributed by atoms with E-state index in [1.54, 1.807) is 36.4 Å². The van der Waals surface area contributed by atoms with E-state index in [4.69, 9.17) is 0 Å². The predicted molar refractivity (Wildman–Crippen MR) is 116 cm³/mol. The molecular formula is C21H17FINO3S. The van der Waals surface area contributed by atoms with Gasteiger partial charge in [0.2, 0.25) is 0 Å². The van der Waals surface area contributed by atoms with Crippen LogP contribution in [0.1, 0.15) is 21.5 Å². The fraction of sp³-hybridized carbons (Fsp3) is 0.0952. The van der Waals surface area contributed by atoms with Gasteiger partial charge in [-0.15, -0.1) is 0 Å². The number of sulfonamides is 1. The number of benzene rings is 3. The average Bonchev–Trinajstić information content (AvgIpc) is 2.67. The van der Waals surface area contributed by atoms with Crippen molar-refractivity contribution in [2.75, 3.05) is 11.4 Å². The summed E-state index contributed by atoms with van der Waals surface area (Å²) in [6.45, 7) is 1.87. The lowest BCUT2D eigenvalue weighted by Gasteiger charge is -2.22. The number of hydrogen-bond acceptors (Lipinski definition) is 3. The predicted octanol–water partition coefficient (Wildman–Crippen LogP) is 4.79. The Morgan fingerprint density at radius 3 is 2.25 bits per heavy atom. The fourth-order valence-electron chi connectivity index (χ4n) is 2.75. The van der Waals surface area contributed by atoms with Gasteiger partial charge in [-0.25, -0.2) is 12.8 Å². The fourth-order valence-corrected chi connectivity index (χ4v) is 4.46. The van der Waals surface area contributed by atoms with Gasteiger partial charge < -0.3 is 0 Å². The summed E-state index contributed by atoms with van der Waals surface area (Å²) in [5.41, 5.74) is 1.14. The monoisotopic (exact) mass is 509 g/mol. The summed E-state index contributed by atoms with van der Waals surface area (Å²) in [5, 5.41) is 0. The standard InChI is InChI=1S/C21H17FINO3S/c1-14-7-10-16(11-8-14)28(26,27)24(2)20-12-9-15(23)13-18(20)21(25)17-5-3-4-6-19(17)22/h3-13H,1-2H3. The van der Waals surface area contributed by atoms with Crippen LogP contribution in [-0.2, 0) is 10.0 Å². The lowest BCUT2D eigenvalue weighted by molar-refractivity contribution is 0.103. The molecule has 0 atom stereocenters. The molecule has 3 aromatic rings. The third-order valence-electron chi connectivity index (χ3n) is 4.34. The molecular weight excluding hydrogens is 492 g/mol. The number of ketones is 1. The van der Waals surface area contributed by atoms with Gasteiger partial charge in [-0.2, -0.15) is 0 Å². The minimum Gasteiger partial charge on any atom is -0.288 e. The van der Waals surface area contributed by atoms with Crippen molar-refractivity contribution in [2.24, 2.45) is 0 Å². The summed E-state index contributed by atoms with van der Waals surface area (Å²) in [7, 11) is -2.50. The molecule has 0 radical (unpaired) electrons. The summed E-state index contributed by atoms with van der Waals surface area (Å²) < 4.78 is 42.0. The van der Waals surface area contributed by atoms with Gasteiger partial charge >= 0.3 is 0 Å². The van der Waals surface area contributed by atoms with E-state index in [1.807, 2.05) is 29.5 Å². The molecule has 7 heteroatoms. The minimum atomic E-state index is -3.89. The minimum absolute atomic E-state index is 0.105. The lowest BCUT2D eigenvalue weighted by atomic mass is 10.0. The molecule has 4 nitrogen and oxygen atoms in total. The number of anilines is 1. The summed E-state index contributed by atoms with van der Waals surface area (Å²) in [4.78, 5) is 13.1. The second kappa shape index (κ2) is 8.00. The van der Waals surface area contributed by atoms with Crippen molar-refractivity contribution in [3.05, 3.63) is 92.8 Å². The highest BCUT2D eigenvalue weighted by atomic mass is 127. The van der Waals surface area contributed by atoms with Gasteiger partial charge in [-0.1, -0.05) is 29.8 Å². The van der Waals surface area contributed by atoms with Crippen molar-refractivity contribution in [3.63, 3.8) is 0 Å². The van der Waals surface area contributed by atoms with E-state index in [0.29, 0.717) is 0 Å². The molecule has 0 aromatic heterocycles. The first kappa shape index (κ1) is 20.5. The van der Waals surface area contributed by atoms with Gasteiger partial charge in [0.1, 0.15) is 5.82 Å². The van der Waals surface area contributed by atoms with Gasteiger partial charge in [-0.3, -0.25) is 9.10 Å². The summed E-state index contributed by atoms with van der Waals surface area (Å²) in [6, 6.07) is 16.9. The molecule has 0 aliphatic rings. The van der Waals surface area contributed by atoms with Gasteiger partial charge in [0.05, 0.1) is 16.1 Å². The second-order valence-electron chi connectivity index (χ2n) is 6.26. The van der Waals surface area contributed by atoms with Crippen LogP contribution >= 0.6 is 22.6 Å². The quantitative estimate of drug-likeness (QED) is 0.367. The molecule has 3 aromatic carbocycles. The van der Waals surface area contributed by atoms with Gasteiger partial charge in [0, 0.05) is 16.2 Å². The zero-order valence-electron chi connectivity index (χ0n) is 15.2. The van der Waals surface area contributed by atoms with E-state index in [-0.39, 0.29) is 21.7 Å². The highest BCUT2D eigenvalue weighted by Gasteiger charge is 2.26. The van der Waals surface area contributed by atoms with Gasteiger partial charge in [0.25, 0.3) is 10.0 Å². The summed E-state index contributed by atoms with van der Waals surface area (Å²) in [5.74, 6) is -1.22. The van der Waals surface area contributed by atoms with Crippen molar-refractivity contribution >= 4 is 44.1 Å². The maximum absolute atomic E-state index is 14.1. The first-order chi connectivity index (χ1) is 13.2. The topological polar surface area (TPSA) is 54.5 Å². The van der Waals surface area contributed by atoms with E-state index in [1.165, 1.54) is 37.4 Å². The molecule has 0 saturated carbocycles. The number of rotatable bonds is 5. The van der Waals surface area contributed by atoms with Crippen molar-refractivity contribution < 1.29 is 17.6 Å². The van der Waals surface area contributed by atoms with Crippen molar-refractivity contribution in [3.8, 4) is 0 Å². The molecule has 0 spiro atoms. The van der Waals surface area contributed by atoms with Gasteiger partial charge in [-0.05, 0) is 72.0 Å². The Morgan fingerprint density at radius 2 is 1.61 bits per heavy atom. The van der Waals surface area contributed by atoms with E-state index < -0.39 is 21.6 Å². The van der Waals surface area contributed by atoms with Crippen LogP contribution in [0.25, 0.3) is 0 Å². The molecule has 144 valence electrons. The first-order valence-electron chi connectivity index (χ1n) is 8.36. The van der Waals surface area contributed by atoms with Crippen LogP contribution < -0.4 is 4.31 Å². The largest absolute Gasteiger partial charge is 0.288 e. The second-order valence-corrected chi connectivity index (χ2v) is 9.47. The lowest BCUT2D eigenvalue weighted by Crippen LogP contribution is -2.28. The Kier molecular flexibility index (Phi) is 5.85. The van der Waals surface area contributed by atoms with E-state index in [9.17, 15) is 17.6 Å². The van der Waals surface area contributed by atoms with Crippen LogP contribution in [0.3, 0.4) is 0 Å². The molecule has 0 fully saturated rings. The van der Waals surface area contributed by atoms with Gasteiger partial charge in [0.15, 0.2) is 5.78 Å². The molecule has 0 unspecified atom stereocenters. The van der Waals surface area contributed by atoms with E-state index in [0.717, 1.165) is 13.4 Å². The number of carbonyl (C=O) groups is 1. The van der Waals surface area contributed by atoms with Crippen molar-refractivity contribution in [1.82, 2.24) is 0 Å². The SMILES string of the molecule is Cc1ccc(S(=O)(=O)N(C)c2ccc(I)cc2C(=O)c2ccccc2F)cc1. The maximum Gasteiger partial charge on any atom is 0.264 e. The molecule has 0 aliphatic heterocycles. The number of carbonyl (C=O) groups excluding carboxylic acids is 1. The highest BCUT2D eigenvalue weighted by molar-refractivity contribution is 14.1. The molecule has 0 aliphatic carbocycles. The van der Waals surface area contributed by atoms with Crippen molar-refractivity contribution in [1.29, 1.82) is 0 Å². The summed E-state index contributed by atoms with van der Waals surface area (Å²) >= 11 is 2.03. The van der Waals surface area contributed by atoms with Crippen LogP contribution in [0.2, 0.25) is 0 Å². The number of nitrogens with zero attached hydrogens (tertiary/aromatic N) is 1. The Morgan fingerprint density at radius 1 is 0.964 bits per heavy atom. The average molecular weight is 509 g/mol. The normalized spacial score (nSPS) is 11.3. The number of aryl methyl sites for hydroxylation is 1. The Bertz CT molecular complexity index is 1140. The molecule has 28 heavy (non-hydrogen) atoms. The van der Waals surface area contributed by atoms with E-state index in [2.05, 4.69) is 0 Å². The van der Waals surface area contributed by atoms with Crippen LogP contribution in [0.15, 0.2) is 71.6 Å². The molecule has 0 amide bonds. The Balaban J connectivity index is 2.11. The van der Waals surface area contributed by atoms with Crippen LogP contribution in [0.4, 0.5) is 10.1 Å². The number of halogens is 2. The third-order valence-corrected chi connectivity index (χ3v) is 6.80. The Hall–Kier alpha value is -2.26. The molecule has 0 heterocycles.